The van der Waals surface area contributed by atoms with Crippen LogP contribution in [0.3, 0.4) is 0 Å². The maximum Gasteiger partial charge on any atom is 0.336 e. The predicted molar refractivity (Wildman–Crippen MR) is 101 cm³/mol. The maximum atomic E-state index is 13.0. The Kier molecular flexibility index (Phi) is 5.16. The summed E-state index contributed by atoms with van der Waals surface area (Å²) in [7, 11) is 0. The van der Waals surface area contributed by atoms with E-state index in [1.165, 1.54) is 4.90 Å². The molecule has 0 radical (unpaired) electrons. The second-order valence-electron chi connectivity index (χ2n) is 7.27. The molecule has 3 aliphatic heterocycles. The number of aliphatic carboxylic acids is 1. The molecule has 9 heteroatoms. The number of rotatable bonds is 4. The van der Waals surface area contributed by atoms with Crippen LogP contribution in [0.25, 0.3) is 0 Å². The average Bonchev–Trinajstić information content (AvgIpc) is 3.37. The molecule has 4 rings (SSSR count). The number of amides is 2. The van der Waals surface area contributed by atoms with Gasteiger partial charge >= 0.3 is 5.97 Å². The average molecular weight is 408 g/mol. The van der Waals surface area contributed by atoms with E-state index in [0.29, 0.717) is 44.2 Å². The fraction of sp³-hybridized carbons (Fsp3) is 0.526. The van der Waals surface area contributed by atoms with Crippen LogP contribution in [0.15, 0.2) is 24.3 Å². The van der Waals surface area contributed by atoms with Crippen molar-refractivity contribution in [3.63, 3.8) is 0 Å². The van der Waals surface area contributed by atoms with E-state index in [4.69, 9.17) is 21.4 Å². The Hall–Kier alpha value is -2.32. The lowest BCUT2D eigenvalue weighted by molar-refractivity contribution is -0.144. The monoisotopic (exact) mass is 407 g/mol. The van der Waals surface area contributed by atoms with Gasteiger partial charge in [-0.25, -0.2) is 4.79 Å². The number of carbonyl (C=O) groups excluding carboxylic acids is 2. The summed E-state index contributed by atoms with van der Waals surface area (Å²) in [5, 5.41) is 9.63. The number of likely N-dealkylation sites (tertiary alicyclic amines) is 1. The second kappa shape index (κ2) is 7.60. The van der Waals surface area contributed by atoms with Gasteiger partial charge in [0.1, 0.15) is 6.04 Å². The van der Waals surface area contributed by atoms with Gasteiger partial charge in [0.2, 0.25) is 5.91 Å². The molecule has 0 saturated carbocycles. The predicted octanol–water partition coefficient (Wildman–Crippen LogP) is 0.832. The summed E-state index contributed by atoms with van der Waals surface area (Å²) in [5.74, 6) is -1.61. The minimum atomic E-state index is -1.14. The molecule has 3 heterocycles. The first-order valence-corrected chi connectivity index (χ1v) is 9.82. The van der Waals surface area contributed by atoms with Gasteiger partial charge in [-0.05, 0) is 25.0 Å². The van der Waals surface area contributed by atoms with Crippen molar-refractivity contribution < 1.29 is 24.2 Å². The Labute approximate surface area is 167 Å². The fourth-order valence-electron chi connectivity index (χ4n) is 4.03. The lowest BCUT2D eigenvalue weighted by Crippen LogP contribution is -2.55. The Morgan fingerprint density at radius 2 is 1.71 bits per heavy atom. The van der Waals surface area contributed by atoms with Crippen molar-refractivity contribution in [3.8, 4) is 0 Å². The maximum absolute atomic E-state index is 13.0. The second-order valence-corrected chi connectivity index (χ2v) is 7.68. The molecular formula is C19H22ClN3O5. The van der Waals surface area contributed by atoms with Crippen LogP contribution < -0.4 is 4.90 Å². The van der Waals surface area contributed by atoms with E-state index in [-0.39, 0.29) is 5.91 Å². The molecule has 3 fully saturated rings. The summed E-state index contributed by atoms with van der Waals surface area (Å²) in [5.41, 5.74) is 0.958. The van der Waals surface area contributed by atoms with Crippen molar-refractivity contribution in [1.29, 1.82) is 0 Å². The van der Waals surface area contributed by atoms with Gasteiger partial charge in [-0.1, -0.05) is 23.7 Å². The van der Waals surface area contributed by atoms with Crippen LogP contribution in [0, 0.1) is 0 Å². The first-order chi connectivity index (χ1) is 13.5. The summed E-state index contributed by atoms with van der Waals surface area (Å²) in [6.07, 6.45) is -0.711. The summed E-state index contributed by atoms with van der Waals surface area (Å²) < 4.78 is 4.97. The minimum absolute atomic E-state index is 0.0721. The summed E-state index contributed by atoms with van der Waals surface area (Å²) in [6, 6.07) is 7.10. The van der Waals surface area contributed by atoms with Crippen molar-refractivity contribution in [2.45, 2.75) is 31.1 Å². The van der Waals surface area contributed by atoms with E-state index in [2.05, 4.69) is 4.90 Å². The van der Waals surface area contributed by atoms with Crippen LogP contribution in [0.5, 0.6) is 0 Å². The van der Waals surface area contributed by atoms with Gasteiger partial charge in [0, 0.05) is 32.7 Å². The third kappa shape index (κ3) is 3.54. The number of anilines is 1. The molecule has 28 heavy (non-hydrogen) atoms. The van der Waals surface area contributed by atoms with Crippen LogP contribution in [0.1, 0.15) is 12.8 Å². The van der Waals surface area contributed by atoms with Gasteiger partial charge in [-0.15, -0.1) is 0 Å². The highest BCUT2D eigenvalue weighted by atomic mass is 35.5. The van der Waals surface area contributed by atoms with E-state index in [0.717, 1.165) is 12.1 Å². The number of carboxylic acid groups (broad SMARTS) is 1. The van der Waals surface area contributed by atoms with Crippen molar-refractivity contribution in [1.82, 2.24) is 9.80 Å². The molecule has 3 aliphatic rings. The Morgan fingerprint density at radius 3 is 2.36 bits per heavy atom. The molecule has 0 bridgehead atoms. The summed E-state index contributed by atoms with van der Waals surface area (Å²) in [6.45, 7) is 2.91. The Morgan fingerprint density at radius 1 is 1.00 bits per heavy atom. The number of hydrogen-bond acceptors (Lipinski definition) is 5. The number of para-hydroxylation sites is 1. The number of epoxide rings is 1. The number of hydrogen-bond donors (Lipinski definition) is 1. The van der Waals surface area contributed by atoms with Gasteiger partial charge in [0.15, 0.2) is 12.2 Å². The third-order valence-corrected chi connectivity index (χ3v) is 5.90. The topological polar surface area (TPSA) is 93.7 Å². The molecule has 0 aromatic heterocycles. The normalized spacial score (nSPS) is 27.0. The zero-order valence-electron chi connectivity index (χ0n) is 15.3. The molecule has 0 aliphatic carbocycles. The van der Waals surface area contributed by atoms with Gasteiger partial charge in [0.25, 0.3) is 5.91 Å². The molecule has 3 saturated heterocycles. The lowest BCUT2D eigenvalue weighted by atomic mass is 10.1. The third-order valence-electron chi connectivity index (χ3n) is 5.58. The van der Waals surface area contributed by atoms with Crippen LogP contribution in [-0.4, -0.2) is 83.7 Å². The van der Waals surface area contributed by atoms with Gasteiger partial charge in [-0.2, -0.15) is 0 Å². The van der Waals surface area contributed by atoms with Crippen molar-refractivity contribution >= 4 is 35.1 Å². The molecule has 1 aromatic carbocycles. The highest BCUT2D eigenvalue weighted by Crippen LogP contribution is 2.30. The number of benzene rings is 1. The van der Waals surface area contributed by atoms with Gasteiger partial charge in [-0.3, -0.25) is 9.59 Å². The van der Waals surface area contributed by atoms with E-state index in [9.17, 15) is 14.4 Å². The number of halogens is 1. The molecule has 2 amide bonds. The van der Waals surface area contributed by atoms with Crippen LogP contribution >= 0.6 is 11.6 Å². The number of nitrogens with zero attached hydrogens (tertiary/aromatic N) is 3. The molecule has 3 atom stereocenters. The van der Waals surface area contributed by atoms with E-state index >= 15 is 0 Å². The molecule has 8 nitrogen and oxygen atoms in total. The largest absolute Gasteiger partial charge is 0.479 e. The first-order valence-electron chi connectivity index (χ1n) is 9.44. The highest BCUT2D eigenvalue weighted by molar-refractivity contribution is 6.33. The van der Waals surface area contributed by atoms with Crippen LogP contribution in [0.4, 0.5) is 5.69 Å². The smallest absolute Gasteiger partial charge is 0.336 e. The molecule has 1 aromatic rings. The highest BCUT2D eigenvalue weighted by Gasteiger charge is 2.54. The number of piperazine rings is 1. The molecule has 150 valence electrons. The first kappa shape index (κ1) is 19.0. The molecule has 0 spiro atoms. The quantitative estimate of drug-likeness (QED) is 0.743. The van der Waals surface area contributed by atoms with E-state index in [1.807, 2.05) is 24.3 Å². The van der Waals surface area contributed by atoms with Gasteiger partial charge < -0.3 is 24.5 Å². The molecular weight excluding hydrogens is 386 g/mol. The standard InChI is InChI=1S/C19H22ClN3O5/c20-12-4-1-2-5-13(12)21-8-10-22(11-9-21)17(24)14-6-3-7-23(14)18(25)15-16(28-15)19(26)27/h1-2,4-5,14-16H,3,6-11H2,(H,26,27)/t14-,15-,16-/m0/s1. The summed E-state index contributed by atoms with van der Waals surface area (Å²) in [4.78, 5) is 41.9. The van der Waals surface area contributed by atoms with Crippen LogP contribution in [-0.2, 0) is 19.1 Å². The van der Waals surface area contributed by atoms with Crippen molar-refractivity contribution in [2.75, 3.05) is 37.6 Å². The molecule has 0 unspecified atom stereocenters. The number of carboxylic acids is 1. The Balaban J connectivity index is 1.36. The van der Waals surface area contributed by atoms with E-state index in [1.54, 1.807) is 4.90 Å². The van der Waals surface area contributed by atoms with Crippen molar-refractivity contribution in [2.24, 2.45) is 0 Å². The minimum Gasteiger partial charge on any atom is -0.479 e. The number of ether oxygens (including phenoxy) is 1. The SMILES string of the molecule is O=C(O)[C@H]1O[C@@H]1C(=O)N1CCC[C@H]1C(=O)N1CCN(c2ccccc2Cl)CC1. The van der Waals surface area contributed by atoms with Crippen molar-refractivity contribution in [3.05, 3.63) is 29.3 Å². The lowest BCUT2D eigenvalue weighted by Gasteiger charge is -2.38. The summed E-state index contributed by atoms with van der Waals surface area (Å²) >= 11 is 6.26. The Bertz CT molecular complexity index is 796. The fourth-order valence-corrected chi connectivity index (χ4v) is 4.28. The number of carbonyl (C=O) groups is 3. The zero-order chi connectivity index (χ0) is 19.8. The van der Waals surface area contributed by atoms with E-state index < -0.39 is 30.1 Å². The molecule has 1 N–H and O–H groups in total. The van der Waals surface area contributed by atoms with Gasteiger partial charge in [0.05, 0.1) is 10.7 Å². The zero-order valence-corrected chi connectivity index (χ0v) is 16.0. The van der Waals surface area contributed by atoms with Crippen LogP contribution in [0.2, 0.25) is 5.02 Å².